The molecule has 0 saturated carbocycles. The van der Waals surface area contributed by atoms with Crippen LogP contribution in [-0.4, -0.2) is 30.3 Å². The smallest absolute Gasteiger partial charge is 0.257 e. The van der Waals surface area contributed by atoms with E-state index < -0.39 is 0 Å². The van der Waals surface area contributed by atoms with Crippen molar-refractivity contribution in [3.63, 3.8) is 0 Å². The van der Waals surface area contributed by atoms with Crippen molar-refractivity contribution < 1.29 is 14.3 Å². The summed E-state index contributed by atoms with van der Waals surface area (Å²) in [6.45, 7) is 1.37. The molecule has 0 spiro atoms. The van der Waals surface area contributed by atoms with Crippen LogP contribution in [0, 0.1) is 0 Å². The van der Waals surface area contributed by atoms with Crippen molar-refractivity contribution >= 4 is 40.5 Å². The average Bonchev–Trinajstić information content (AvgIpc) is 3.15. The van der Waals surface area contributed by atoms with E-state index >= 15 is 0 Å². The number of carbonyl (C=O) groups excluding carboxylic acids is 1. The molecule has 1 saturated heterocycles. The summed E-state index contributed by atoms with van der Waals surface area (Å²) >= 11 is 11.0. The number of amides is 1. The average molecular weight is 391 g/mol. The van der Waals surface area contributed by atoms with E-state index in [2.05, 4.69) is 10.6 Å². The summed E-state index contributed by atoms with van der Waals surface area (Å²) in [5.74, 6) is 0.470. The van der Waals surface area contributed by atoms with Crippen molar-refractivity contribution in [1.82, 2.24) is 5.32 Å². The highest BCUT2D eigenvalue weighted by molar-refractivity contribution is 7.80. The van der Waals surface area contributed by atoms with E-state index in [1.807, 2.05) is 24.3 Å². The van der Waals surface area contributed by atoms with Crippen LogP contribution in [0.1, 0.15) is 23.2 Å². The molecule has 26 heavy (non-hydrogen) atoms. The van der Waals surface area contributed by atoms with Crippen LogP contribution in [0.3, 0.4) is 0 Å². The Bertz CT molecular complexity index is 759. The van der Waals surface area contributed by atoms with Gasteiger partial charge in [-0.3, -0.25) is 10.1 Å². The number of carbonyl (C=O) groups is 1. The SMILES string of the molecule is O=C(NC(=S)Nc1ccc(OCC2CCCO2)cc1)c1ccc(Cl)cc1. The number of ether oxygens (including phenoxy) is 2. The van der Waals surface area contributed by atoms with Gasteiger partial charge in [0.15, 0.2) is 5.11 Å². The van der Waals surface area contributed by atoms with Gasteiger partial charge < -0.3 is 14.8 Å². The van der Waals surface area contributed by atoms with Crippen molar-refractivity contribution in [3.05, 3.63) is 59.1 Å². The summed E-state index contributed by atoms with van der Waals surface area (Å²) in [4.78, 5) is 12.1. The Kier molecular flexibility index (Phi) is 6.44. The van der Waals surface area contributed by atoms with Gasteiger partial charge in [0.05, 0.1) is 6.10 Å². The van der Waals surface area contributed by atoms with Crippen LogP contribution < -0.4 is 15.4 Å². The van der Waals surface area contributed by atoms with Crippen molar-refractivity contribution in [3.8, 4) is 5.75 Å². The molecule has 0 aliphatic carbocycles. The van der Waals surface area contributed by atoms with Gasteiger partial charge >= 0.3 is 0 Å². The van der Waals surface area contributed by atoms with Gasteiger partial charge in [-0.1, -0.05) is 11.6 Å². The van der Waals surface area contributed by atoms with E-state index in [0.717, 1.165) is 30.9 Å². The monoisotopic (exact) mass is 390 g/mol. The summed E-state index contributed by atoms with van der Waals surface area (Å²) in [6.07, 6.45) is 2.32. The Labute approximate surface area is 162 Å². The topological polar surface area (TPSA) is 59.6 Å². The van der Waals surface area contributed by atoms with Gasteiger partial charge in [-0.25, -0.2) is 0 Å². The summed E-state index contributed by atoms with van der Waals surface area (Å²) in [5.41, 5.74) is 1.24. The predicted molar refractivity (Wildman–Crippen MR) is 106 cm³/mol. The molecular formula is C19H19ClN2O3S. The van der Waals surface area contributed by atoms with Gasteiger partial charge in [0.25, 0.3) is 5.91 Å². The van der Waals surface area contributed by atoms with E-state index in [1.54, 1.807) is 24.3 Å². The molecule has 0 radical (unpaired) electrons. The number of anilines is 1. The van der Waals surface area contributed by atoms with Gasteiger partial charge in [-0.05, 0) is 73.6 Å². The molecule has 1 amide bonds. The number of nitrogens with one attached hydrogen (secondary N) is 2. The van der Waals surface area contributed by atoms with E-state index in [-0.39, 0.29) is 17.1 Å². The molecule has 0 bridgehead atoms. The molecule has 1 heterocycles. The molecule has 3 rings (SSSR count). The first-order chi connectivity index (χ1) is 12.6. The van der Waals surface area contributed by atoms with Crippen LogP contribution in [0.25, 0.3) is 0 Å². The van der Waals surface area contributed by atoms with E-state index in [1.165, 1.54) is 0 Å². The summed E-state index contributed by atoms with van der Waals surface area (Å²) in [5, 5.41) is 6.40. The second-order valence-electron chi connectivity index (χ2n) is 5.89. The number of hydrogen-bond acceptors (Lipinski definition) is 4. The minimum atomic E-state index is -0.296. The zero-order valence-corrected chi connectivity index (χ0v) is 15.6. The van der Waals surface area contributed by atoms with Gasteiger partial charge in [0.2, 0.25) is 0 Å². The first kappa shape index (κ1) is 18.6. The fourth-order valence-corrected chi connectivity index (χ4v) is 2.87. The van der Waals surface area contributed by atoms with Gasteiger partial charge in [-0.2, -0.15) is 0 Å². The Morgan fingerprint density at radius 1 is 1.19 bits per heavy atom. The first-order valence-electron chi connectivity index (χ1n) is 8.32. The summed E-state index contributed by atoms with van der Waals surface area (Å²) in [7, 11) is 0. The molecule has 2 aromatic carbocycles. The maximum atomic E-state index is 12.1. The number of halogens is 1. The third kappa shape index (κ3) is 5.42. The molecule has 0 aromatic heterocycles. The Morgan fingerprint density at radius 2 is 1.92 bits per heavy atom. The molecule has 1 atom stereocenters. The third-order valence-corrected chi connectivity index (χ3v) is 4.36. The summed E-state index contributed by atoms with van der Waals surface area (Å²) < 4.78 is 11.2. The van der Waals surface area contributed by atoms with Gasteiger partial charge in [0.1, 0.15) is 12.4 Å². The largest absolute Gasteiger partial charge is 0.491 e. The molecule has 136 valence electrons. The van der Waals surface area contributed by atoms with Crippen molar-refractivity contribution in [1.29, 1.82) is 0 Å². The van der Waals surface area contributed by atoms with Gasteiger partial charge in [-0.15, -0.1) is 0 Å². The minimum absolute atomic E-state index is 0.184. The lowest BCUT2D eigenvalue weighted by atomic mass is 10.2. The number of thiocarbonyl (C=S) groups is 1. The molecule has 1 aliphatic rings. The lowest BCUT2D eigenvalue weighted by Gasteiger charge is -2.13. The Morgan fingerprint density at radius 3 is 2.58 bits per heavy atom. The Balaban J connectivity index is 1.47. The van der Waals surface area contributed by atoms with E-state index in [0.29, 0.717) is 17.2 Å². The van der Waals surface area contributed by atoms with Crippen molar-refractivity contribution in [2.24, 2.45) is 0 Å². The maximum absolute atomic E-state index is 12.1. The van der Waals surface area contributed by atoms with Crippen molar-refractivity contribution in [2.45, 2.75) is 18.9 Å². The quantitative estimate of drug-likeness (QED) is 0.755. The molecule has 7 heteroatoms. The molecule has 2 aromatic rings. The predicted octanol–water partition coefficient (Wildman–Crippen LogP) is 4.02. The Hall–Kier alpha value is -2.15. The van der Waals surface area contributed by atoms with Crippen LogP contribution in [-0.2, 0) is 4.74 Å². The molecule has 1 aliphatic heterocycles. The molecule has 2 N–H and O–H groups in total. The van der Waals surface area contributed by atoms with Crippen molar-refractivity contribution in [2.75, 3.05) is 18.5 Å². The lowest BCUT2D eigenvalue weighted by Crippen LogP contribution is -2.34. The van der Waals surface area contributed by atoms with Crippen LogP contribution in [0.15, 0.2) is 48.5 Å². The van der Waals surface area contributed by atoms with Crippen LogP contribution in [0.5, 0.6) is 5.75 Å². The summed E-state index contributed by atoms with van der Waals surface area (Å²) in [6, 6.07) is 14.0. The fourth-order valence-electron chi connectivity index (χ4n) is 2.54. The highest BCUT2D eigenvalue weighted by Gasteiger charge is 2.16. The molecular weight excluding hydrogens is 372 g/mol. The second kappa shape index (κ2) is 8.98. The second-order valence-corrected chi connectivity index (χ2v) is 6.73. The normalized spacial score (nSPS) is 16.1. The molecule has 1 unspecified atom stereocenters. The highest BCUT2D eigenvalue weighted by atomic mass is 35.5. The first-order valence-corrected chi connectivity index (χ1v) is 9.11. The van der Waals surface area contributed by atoms with E-state index in [4.69, 9.17) is 33.3 Å². The lowest BCUT2D eigenvalue weighted by molar-refractivity contribution is 0.0679. The zero-order valence-electron chi connectivity index (χ0n) is 14.0. The van der Waals surface area contributed by atoms with Crippen LogP contribution in [0.4, 0.5) is 5.69 Å². The number of benzene rings is 2. The highest BCUT2D eigenvalue weighted by Crippen LogP contribution is 2.18. The minimum Gasteiger partial charge on any atom is -0.491 e. The van der Waals surface area contributed by atoms with Crippen LogP contribution in [0.2, 0.25) is 5.02 Å². The zero-order chi connectivity index (χ0) is 18.4. The molecule has 1 fully saturated rings. The van der Waals surface area contributed by atoms with Crippen LogP contribution >= 0.6 is 23.8 Å². The van der Waals surface area contributed by atoms with Gasteiger partial charge in [0, 0.05) is 22.9 Å². The maximum Gasteiger partial charge on any atom is 0.257 e. The van der Waals surface area contributed by atoms with E-state index in [9.17, 15) is 4.79 Å². The standard InChI is InChI=1S/C19H19ClN2O3S/c20-14-5-3-13(4-6-14)18(23)22-19(26)21-15-7-9-16(10-8-15)25-12-17-2-1-11-24-17/h3-10,17H,1-2,11-12H2,(H2,21,22,23,26). The fraction of sp³-hybridized carbons (Fsp3) is 0.263. The third-order valence-electron chi connectivity index (χ3n) is 3.91. The number of rotatable bonds is 5. The molecule has 5 nitrogen and oxygen atoms in total. The number of hydrogen-bond donors (Lipinski definition) is 2.